The standard InChI is InChI=1S/C17H23Cl2N3/c1-2-3-4-5-6-9-20-11-13-12-21-22-17(13)15-8-7-14(18)10-16(15)19/h7-8,10,12,20H,2-6,9,11H2,1H3,(H,21,22). The predicted octanol–water partition coefficient (Wildman–Crippen LogP) is 5.44. The van der Waals surface area contributed by atoms with Gasteiger partial charge in [-0.25, -0.2) is 0 Å². The number of unbranched alkanes of at least 4 members (excludes halogenated alkanes) is 4. The number of rotatable bonds is 9. The fraction of sp³-hybridized carbons (Fsp3) is 0.471. The van der Waals surface area contributed by atoms with Crippen LogP contribution in [0.25, 0.3) is 11.3 Å². The first kappa shape index (κ1) is 17.3. The minimum absolute atomic E-state index is 0.637. The fourth-order valence-corrected chi connectivity index (χ4v) is 2.95. The second kappa shape index (κ2) is 9.19. The minimum Gasteiger partial charge on any atom is -0.313 e. The van der Waals surface area contributed by atoms with Crippen molar-refractivity contribution in [3.63, 3.8) is 0 Å². The Bertz CT molecular complexity index is 581. The third-order valence-electron chi connectivity index (χ3n) is 3.69. The number of halogens is 2. The Morgan fingerprint density at radius 2 is 1.95 bits per heavy atom. The molecule has 0 atom stereocenters. The van der Waals surface area contributed by atoms with Crippen molar-refractivity contribution < 1.29 is 0 Å². The molecule has 0 aliphatic heterocycles. The highest BCUT2D eigenvalue weighted by Gasteiger charge is 2.11. The predicted molar refractivity (Wildman–Crippen MR) is 94.5 cm³/mol. The SMILES string of the molecule is CCCCCCCNCc1cn[nH]c1-c1ccc(Cl)cc1Cl. The summed E-state index contributed by atoms with van der Waals surface area (Å²) in [6.45, 7) is 4.06. The number of aromatic amines is 1. The first-order valence-corrected chi connectivity index (χ1v) is 8.66. The summed E-state index contributed by atoms with van der Waals surface area (Å²) in [4.78, 5) is 0. The number of hydrogen-bond acceptors (Lipinski definition) is 2. The Balaban J connectivity index is 1.87. The van der Waals surface area contributed by atoms with Crippen LogP contribution in [0, 0.1) is 0 Å². The number of hydrogen-bond donors (Lipinski definition) is 2. The highest BCUT2D eigenvalue weighted by atomic mass is 35.5. The molecule has 0 spiro atoms. The highest BCUT2D eigenvalue weighted by molar-refractivity contribution is 6.36. The van der Waals surface area contributed by atoms with E-state index in [4.69, 9.17) is 23.2 Å². The van der Waals surface area contributed by atoms with E-state index in [9.17, 15) is 0 Å². The van der Waals surface area contributed by atoms with E-state index in [1.807, 2.05) is 18.3 Å². The van der Waals surface area contributed by atoms with Crippen LogP contribution in [-0.2, 0) is 6.54 Å². The second-order valence-corrected chi connectivity index (χ2v) is 6.33. The molecule has 2 N–H and O–H groups in total. The van der Waals surface area contributed by atoms with Gasteiger partial charge < -0.3 is 5.32 Å². The minimum atomic E-state index is 0.637. The van der Waals surface area contributed by atoms with E-state index in [0.29, 0.717) is 10.0 Å². The Hall–Kier alpha value is -1.03. The molecule has 22 heavy (non-hydrogen) atoms. The third-order valence-corrected chi connectivity index (χ3v) is 4.24. The van der Waals surface area contributed by atoms with Crippen LogP contribution in [0.1, 0.15) is 44.6 Å². The molecule has 2 aromatic rings. The van der Waals surface area contributed by atoms with Gasteiger partial charge in [0.25, 0.3) is 0 Å². The Morgan fingerprint density at radius 3 is 2.73 bits per heavy atom. The van der Waals surface area contributed by atoms with E-state index >= 15 is 0 Å². The summed E-state index contributed by atoms with van der Waals surface area (Å²) >= 11 is 12.2. The van der Waals surface area contributed by atoms with Gasteiger partial charge in [0.05, 0.1) is 16.9 Å². The zero-order chi connectivity index (χ0) is 15.8. The normalized spacial score (nSPS) is 11.0. The number of nitrogens with one attached hydrogen (secondary N) is 2. The van der Waals surface area contributed by atoms with Crippen LogP contribution in [0.3, 0.4) is 0 Å². The molecular weight excluding hydrogens is 317 g/mol. The van der Waals surface area contributed by atoms with Crippen LogP contribution < -0.4 is 5.32 Å². The largest absolute Gasteiger partial charge is 0.313 e. The molecule has 0 amide bonds. The smallest absolute Gasteiger partial charge is 0.0710 e. The second-order valence-electron chi connectivity index (χ2n) is 5.49. The first-order chi connectivity index (χ1) is 10.7. The summed E-state index contributed by atoms with van der Waals surface area (Å²) in [5.74, 6) is 0. The van der Waals surface area contributed by atoms with Gasteiger partial charge in [0.15, 0.2) is 0 Å². The molecule has 5 heteroatoms. The molecule has 0 radical (unpaired) electrons. The first-order valence-electron chi connectivity index (χ1n) is 7.90. The monoisotopic (exact) mass is 339 g/mol. The fourth-order valence-electron chi connectivity index (χ4n) is 2.45. The molecule has 0 saturated heterocycles. The van der Waals surface area contributed by atoms with Crippen molar-refractivity contribution in [3.8, 4) is 11.3 Å². The van der Waals surface area contributed by atoms with E-state index in [0.717, 1.165) is 29.9 Å². The molecular formula is C17H23Cl2N3. The molecule has 0 bridgehead atoms. The third kappa shape index (κ3) is 5.01. The van der Waals surface area contributed by atoms with Crippen molar-refractivity contribution in [1.29, 1.82) is 0 Å². The molecule has 1 aromatic heterocycles. The van der Waals surface area contributed by atoms with Crippen LogP contribution >= 0.6 is 23.2 Å². The lowest BCUT2D eigenvalue weighted by Crippen LogP contribution is -2.14. The number of aromatic nitrogens is 2. The van der Waals surface area contributed by atoms with Crippen LogP contribution in [-0.4, -0.2) is 16.7 Å². The van der Waals surface area contributed by atoms with Gasteiger partial charge in [0, 0.05) is 22.7 Å². The average Bonchev–Trinajstić information content (AvgIpc) is 2.94. The Morgan fingerprint density at radius 1 is 1.14 bits per heavy atom. The van der Waals surface area contributed by atoms with Crippen molar-refractivity contribution in [2.45, 2.75) is 45.6 Å². The van der Waals surface area contributed by atoms with Gasteiger partial charge in [-0.3, -0.25) is 5.10 Å². The zero-order valence-electron chi connectivity index (χ0n) is 13.0. The van der Waals surface area contributed by atoms with Gasteiger partial charge in [-0.2, -0.15) is 5.10 Å². The van der Waals surface area contributed by atoms with Crippen LogP contribution in [0.2, 0.25) is 10.0 Å². The molecule has 1 aromatic carbocycles. The Labute approximate surface area is 142 Å². The molecule has 0 fully saturated rings. The van der Waals surface area contributed by atoms with Crippen LogP contribution in [0.15, 0.2) is 24.4 Å². The van der Waals surface area contributed by atoms with E-state index in [2.05, 4.69) is 22.4 Å². The van der Waals surface area contributed by atoms with Gasteiger partial charge in [-0.05, 0) is 31.2 Å². The van der Waals surface area contributed by atoms with Gasteiger partial charge in [-0.15, -0.1) is 0 Å². The number of H-pyrrole nitrogens is 1. The van der Waals surface area contributed by atoms with Crippen molar-refractivity contribution in [2.24, 2.45) is 0 Å². The maximum absolute atomic E-state index is 6.27. The zero-order valence-corrected chi connectivity index (χ0v) is 14.5. The lowest BCUT2D eigenvalue weighted by atomic mass is 10.1. The van der Waals surface area contributed by atoms with Gasteiger partial charge in [0.2, 0.25) is 0 Å². The summed E-state index contributed by atoms with van der Waals surface area (Å²) in [7, 11) is 0. The van der Waals surface area contributed by atoms with Crippen LogP contribution in [0.5, 0.6) is 0 Å². The Kier molecular flexibility index (Phi) is 7.23. The molecule has 0 saturated carbocycles. The summed E-state index contributed by atoms with van der Waals surface area (Å²) in [6, 6.07) is 5.52. The molecule has 0 unspecified atom stereocenters. The van der Waals surface area contributed by atoms with Crippen molar-refractivity contribution in [3.05, 3.63) is 40.0 Å². The molecule has 0 aliphatic rings. The lowest BCUT2D eigenvalue weighted by Gasteiger charge is -2.07. The molecule has 0 aliphatic carbocycles. The summed E-state index contributed by atoms with van der Waals surface area (Å²) in [6.07, 6.45) is 8.31. The van der Waals surface area contributed by atoms with E-state index in [-0.39, 0.29) is 0 Å². The van der Waals surface area contributed by atoms with Crippen LogP contribution in [0.4, 0.5) is 0 Å². The van der Waals surface area contributed by atoms with Crippen molar-refractivity contribution in [1.82, 2.24) is 15.5 Å². The number of benzene rings is 1. The number of nitrogens with zero attached hydrogens (tertiary/aromatic N) is 1. The van der Waals surface area contributed by atoms with Crippen molar-refractivity contribution >= 4 is 23.2 Å². The van der Waals surface area contributed by atoms with Gasteiger partial charge >= 0.3 is 0 Å². The highest BCUT2D eigenvalue weighted by Crippen LogP contribution is 2.30. The maximum atomic E-state index is 6.27. The van der Waals surface area contributed by atoms with Gasteiger partial charge in [0.1, 0.15) is 0 Å². The van der Waals surface area contributed by atoms with E-state index in [1.165, 1.54) is 32.1 Å². The summed E-state index contributed by atoms with van der Waals surface area (Å²) in [5.41, 5.74) is 3.02. The molecule has 2 rings (SSSR count). The molecule has 120 valence electrons. The topological polar surface area (TPSA) is 40.7 Å². The maximum Gasteiger partial charge on any atom is 0.0710 e. The average molecular weight is 340 g/mol. The van der Waals surface area contributed by atoms with E-state index < -0.39 is 0 Å². The quantitative estimate of drug-likeness (QED) is 0.597. The van der Waals surface area contributed by atoms with E-state index in [1.54, 1.807) is 6.07 Å². The summed E-state index contributed by atoms with van der Waals surface area (Å²) < 4.78 is 0. The van der Waals surface area contributed by atoms with Gasteiger partial charge in [-0.1, -0.05) is 55.8 Å². The lowest BCUT2D eigenvalue weighted by molar-refractivity contribution is 0.584. The summed E-state index contributed by atoms with van der Waals surface area (Å²) in [5, 5.41) is 11.9. The molecule has 1 heterocycles. The molecule has 3 nitrogen and oxygen atoms in total. The van der Waals surface area contributed by atoms with Crippen molar-refractivity contribution in [2.75, 3.05) is 6.54 Å².